The molecule has 0 spiro atoms. The number of carbonyl (C=O) groups excluding carboxylic acids is 2. The summed E-state index contributed by atoms with van der Waals surface area (Å²) in [5.74, 6) is -0.314. The summed E-state index contributed by atoms with van der Waals surface area (Å²) in [6.45, 7) is -0.151. The summed E-state index contributed by atoms with van der Waals surface area (Å²) in [6, 6.07) is 10.9. The molecule has 27 heavy (non-hydrogen) atoms. The lowest BCUT2D eigenvalue weighted by atomic mass is 10.2. The molecule has 0 aliphatic carbocycles. The van der Waals surface area contributed by atoms with Gasteiger partial charge in [0.05, 0.1) is 14.2 Å². The quantitative estimate of drug-likeness (QED) is 0.569. The van der Waals surface area contributed by atoms with Crippen LogP contribution in [0, 0.1) is 5.82 Å². The van der Waals surface area contributed by atoms with E-state index in [9.17, 15) is 14.0 Å². The van der Waals surface area contributed by atoms with Crippen LogP contribution in [0.25, 0.3) is 6.08 Å². The van der Waals surface area contributed by atoms with Crippen LogP contribution in [-0.2, 0) is 20.9 Å². The molecule has 2 aromatic carbocycles. The van der Waals surface area contributed by atoms with Crippen molar-refractivity contribution in [3.8, 4) is 11.5 Å². The Kier molecular flexibility index (Phi) is 7.37. The van der Waals surface area contributed by atoms with Gasteiger partial charge < -0.3 is 19.5 Å². The molecule has 0 atom stereocenters. The van der Waals surface area contributed by atoms with Crippen molar-refractivity contribution < 1.29 is 28.2 Å². The monoisotopic (exact) mass is 373 g/mol. The summed E-state index contributed by atoms with van der Waals surface area (Å²) in [5.41, 5.74) is 1.45. The number of methoxy groups -OCH3 is 2. The van der Waals surface area contributed by atoms with Gasteiger partial charge in [-0.25, -0.2) is 9.18 Å². The summed E-state index contributed by atoms with van der Waals surface area (Å²) in [7, 11) is 3.07. The maximum atomic E-state index is 12.8. The van der Waals surface area contributed by atoms with Gasteiger partial charge in [-0.2, -0.15) is 0 Å². The van der Waals surface area contributed by atoms with Crippen LogP contribution in [0.4, 0.5) is 4.39 Å². The summed E-state index contributed by atoms with van der Waals surface area (Å²) >= 11 is 0. The van der Waals surface area contributed by atoms with Crippen molar-refractivity contribution in [2.45, 2.75) is 6.54 Å². The first-order chi connectivity index (χ1) is 13.0. The average molecular weight is 373 g/mol. The SMILES string of the molecule is COc1ccc(CNC(=O)COC(=O)/C=C/c2ccc(F)cc2)cc1OC. The highest BCUT2D eigenvalue weighted by molar-refractivity contribution is 5.89. The molecule has 0 saturated heterocycles. The molecular formula is C20H20FNO5. The molecule has 0 heterocycles. The zero-order valence-electron chi connectivity index (χ0n) is 15.0. The van der Waals surface area contributed by atoms with E-state index in [-0.39, 0.29) is 12.4 Å². The molecule has 0 aliphatic rings. The van der Waals surface area contributed by atoms with Gasteiger partial charge in [0.1, 0.15) is 5.82 Å². The normalized spacial score (nSPS) is 10.5. The summed E-state index contributed by atoms with van der Waals surface area (Å²) in [4.78, 5) is 23.4. The number of rotatable bonds is 8. The van der Waals surface area contributed by atoms with Crippen molar-refractivity contribution in [1.29, 1.82) is 0 Å². The lowest BCUT2D eigenvalue weighted by Gasteiger charge is -2.10. The molecule has 6 nitrogen and oxygen atoms in total. The Morgan fingerprint density at radius 1 is 1.04 bits per heavy atom. The van der Waals surface area contributed by atoms with E-state index in [1.54, 1.807) is 18.2 Å². The van der Waals surface area contributed by atoms with Crippen molar-refractivity contribution in [2.75, 3.05) is 20.8 Å². The molecule has 0 radical (unpaired) electrons. The zero-order valence-corrected chi connectivity index (χ0v) is 15.0. The van der Waals surface area contributed by atoms with E-state index < -0.39 is 18.5 Å². The minimum atomic E-state index is -0.666. The first-order valence-corrected chi connectivity index (χ1v) is 8.10. The molecule has 0 aliphatic heterocycles. The Labute approximate surface area is 156 Å². The third kappa shape index (κ3) is 6.47. The van der Waals surface area contributed by atoms with Crippen molar-refractivity contribution in [3.05, 3.63) is 65.5 Å². The number of esters is 1. The lowest BCUT2D eigenvalue weighted by Crippen LogP contribution is -2.28. The number of halogens is 1. The minimum absolute atomic E-state index is 0.252. The zero-order chi connectivity index (χ0) is 19.6. The van der Waals surface area contributed by atoms with Gasteiger partial charge in [-0.05, 0) is 41.5 Å². The van der Waals surface area contributed by atoms with Crippen LogP contribution in [0.15, 0.2) is 48.5 Å². The average Bonchev–Trinajstić information content (AvgIpc) is 2.69. The predicted octanol–water partition coefficient (Wildman–Crippen LogP) is 2.72. The fraction of sp³-hybridized carbons (Fsp3) is 0.200. The summed E-state index contributed by atoms with van der Waals surface area (Å²) in [5, 5.41) is 2.64. The van der Waals surface area contributed by atoms with Crippen molar-refractivity contribution in [3.63, 3.8) is 0 Å². The molecule has 0 saturated carbocycles. The van der Waals surface area contributed by atoms with Gasteiger partial charge >= 0.3 is 5.97 Å². The van der Waals surface area contributed by atoms with Crippen LogP contribution in [0.2, 0.25) is 0 Å². The molecule has 0 bridgehead atoms. The van der Waals surface area contributed by atoms with Crippen molar-refractivity contribution in [1.82, 2.24) is 5.32 Å². The molecule has 0 aromatic heterocycles. The van der Waals surface area contributed by atoms with E-state index >= 15 is 0 Å². The van der Waals surface area contributed by atoms with Crippen molar-refractivity contribution in [2.24, 2.45) is 0 Å². The smallest absolute Gasteiger partial charge is 0.331 e. The minimum Gasteiger partial charge on any atom is -0.493 e. The summed E-state index contributed by atoms with van der Waals surface area (Å²) in [6.07, 6.45) is 2.65. The van der Waals surface area contributed by atoms with Crippen molar-refractivity contribution >= 4 is 18.0 Å². The van der Waals surface area contributed by atoms with Gasteiger partial charge in [0.2, 0.25) is 0 Å². The number of hydrogen-bond donors (Lipinski definition) is 1. The second-order valence-corrected chi connectivity index (χ2v) is 5.46. The lowest BCUT2D eigenvalue weighted by molar-refractivity contribution is -0.143. The molecule has 0 unspecified atom stereocenters. The van der Waals surface area contributed by atoms with Crippen LogP contribution >= 0.6 is 0 Å². The van der Waals surface area contributed by atoms with E-state index in [2.05, 4.69) is 5.32 Å². The van der Waals surface area contributed by atoms with Crippen LogP contribution in [0.3, 0.4) is 0 Å². The van der Waals surface area contributed by atoms with Gasteiger partial charge in [0.25, 0.3) is 5.91 Å². The molecule has 1 amide bonds. The standard InChI is InChI=1S/C20H20FNO5/c1-25-17-9-5-15(11-18(17)26-2)12-22-19(23)13-27-20(24)10-6-14-3-7-16(21)8-4-14/h3-11H,12-13H2,1-2H3,(H,22,23)/b10-6+. The van der Waals surface area contributed by atoms with Gasteiger partial charge in [-0.3, -0.25) is 4.79 Å². The maximum absolute atomic E-state index is 12.8. The van der Waals surface area contributed by atoms with Gasteiger partial charge in [0.15, 0.2) is 18.1 Å². The number of nitrogens with one attached hydrogen (secondary N) is 1. The van der Waals surface area contributed by atoms with Crippen LogP contribution in [0.5, 0.6) is 11.5 Å². The predicted molar refractivity (Wildman–Crippen MR) is 97.8 cm³/mol. The molecule has 142 valence electrons. The number of ether oxygens (including phenoxy) is 3. The second kappa shape index (κ2) is 9.96. The van der Waals surface area contributed by atoms with E-state index in [0.29, 0.717) is 17.1 Å². The Bertz CT molecular complexity index is 818. The largest absolute Gasteiger partial charge is 0.493 e. The molecule has 2 aromatic rings. The van der Waals surface area contributed by atoms with Gasteiger partial charge in [0, 0.05) is 12.6 Å². The Balaban J connectivity index is 1.77. The molecule has 7 heteroatoms. The van der Waals surface area contributed by atoms with Crippen LogP contribution in [0.1, 0.15) is 11.1 Å². The fourth-order valence-corrected chi connectivity index (χ4v) is 2.17. The fourth-order valence-electron chi connectivity index (χ4n) is 2.17. The van der Waals surface area contributed by atoms with Gasteiger partial charge in [-0.1, -0.05) is 18.2 Å². The van der Waals surface area contributed by atoms with E-state index in [4.69, 9.17) is 14.2 Å². The molecule has 0 fully saturated rings. The first kappa shape index (κ1) is 20.0. The van der Waals surface area contributed by atoms with Gasteiger partial charge in [-0.15, -0.1) is 0 Å². The van der Waals surface area contributed by atoms with Crippen LogP contribution < -0.4 is 14.8 Å². The Morgan fingerprint density at radius 2 is 1.74 bits per heavy atom. The van der Waals surface area contributed by atoms with E-state index in [1.807, 2.05) is 0 Å². The van der Waals surface area contributed by atoms with Crippen LogP contribution in [-0.4, -0.2) is 32.7 Å². The highest BCUT2D eigenvalue weighted by Crippen LogP contribution is 2.27. The Hall–Kier alpha value is -3.35. The number of benzene rings is 2. The Morgan fingerprint density at radius 3 is 2.41 bits per heavy atom. The first-order valence-electron chi connectivity index (χ1n) is 8.10. The third-order valence-electron chi connectivity index (χ3n) is 3.57. The number of hydrogen-bond acceptors (Lipinski definition) is 5. The maximum Gasteiger partial charge on any atom is 0.331 e. The number of carbonyl (C=O) groups is 2. The summed E-state index contributed by atoms with van der Waals surface area (Å²) < 4.78 is 28.0. The topological polar surface area (TPSA) is 73.9 Å². The highest BCUT2D eigenvalue weighted by Gasteiger charge is 2.08. The van der Waals surface area contributed by atoms with E-state index in [0.717, 1.165) is 5.56 Å². The molecule has 2 rings (SSSR count). The van der Waals surface area contributed by atoms with E-state index in [1.165, 1.54) is 50.6 Å². The third-order valence-corrected chi connectivity index (χ3v) is 3.57. The molecule has 1 N–H and O–H groups in total. The number of amides is 1. The second-order valence-electron chi connectivity index (χ2n) is 5.46. The molecular weight excluding hydrogens is 353 g/mol. The highest BCUT2D eigenvalue weighted by atomic mass is 19.1.